The smallest absolute Gasteiger partial charge is 0.0579 e. The summed E-state index contributed by atoms with van der Waals surface area (Å²) in [6.45, 7) is 17.0. The van der Waals surface area contributed by atoms with Crippen LogP contribution in [0.4, 0.5) is 0 Å². The van der Waals surface area contributed by atoms with Crippen molar-refractivity contribution in [3.8, 4) is 0 Å². The van der Waals surface area contributed by atoms with E-state index in [-0.39, 0.29) is 24.8 Å². The summed E-state index contributed by atoms with van der Waals surface area (Å²) >= 11 is 3.11. The number of allylic oxidation sites excluding steroid dienone is 8. The quantitative estimate of drug-likeness (QED) is 0.230. The third-order valence-electron chi connectivity index (χ3n) is 5.26. The average Bonchev–Trinajstić information content (AvgIpc) is 3.67. The normalized spacial score (nSPS) is 11.6. The topological polar surface area (TPSA) is 0 Å². The second kappa shape index (κ2) is 25.1. The molecule has 0 fully saturated rings. The molecule has 0 aliphatic heterocycles. The zero-order valence-electron chi connectivity index (χ0n) is 26.4. The number of aryl methyl sites for hydroxylation is 2. The molecule has 0 spiro atoms. The maximum atomic E-state index is 3.05. The maximum Gasteiger partial charge on any atom is -0.0579 e. The van der Waals surface area contributed by atoms with Crippen molar-refractivity contribution in [2.75, 3.05) is 0 Å². The summed E-state index contributed by atoms with van der Waals surface area (Å²) < 4.78 is 3.01. The van der Waals surface area contributed by atoms with E-state index in [0.29, 0.717) is 0 Å². The Morgan fingerprint density at radius 1 is 0.595 bits per heavy atom. The van der Waals surface area contributed by atoms with E-state index in [2.05, 4.69) is 152 Å². The van der Waals surface area contributed by atoms with Gasteiger partial charge in [-0.15, -0.1) is 94.0 Å². The van der Waals surface area contributed by atoms with Crippen LogP contribution in [-0.4, -0.2) is 6.41 Å². The van der Waals surface area contributed by atoms with Crippen LogP contribution in [-0.2, 0) is 48.5 Å². The Labute approximate surface area is 298 Å². The monoisotopic (exact) mass is 750 g/mol. The minimum Gasteiger partial charge on any atom is -1.00 e. The number of benzene rings is 2. The van der Waals surface area contributed by atoms with E-state index in [1.807, 2.05) is 12.2 Å². The van der Waals surface area contributed by atoms with Gasteiger partial charge in [0.2, 0.25) is 0 Å². The minimum absolute atomic E-state index is 0. The molecule has 0 atom stereocenters. The summed E-state index contributed by atoms with van der Waals surface area (Å²) in [6, 6.07) is 25.7. The standard InChI is InChI=1S/2C10H9.2C6H7.2C3H6.2ClH.2Zr/c2*1-8-6-9-4-2-3-5-10(9)7-8;2*1-6-4-2-3-5-6;2*1-3-2;;;;/h2*2-7H,1H3;2*2,4H,5H2,1H3;2*1-2H3;2*1H;;/q4*-1;;;;;2*+2/p-2. The van der Waals surface area contributed by atoms with Crippen LogP contribution in [0.5, 0.6) is 0 Å². The first kappa shape index (κ1) is 42.8. The van der Waals surface area contributed by atoms with E-state index < -0.39 is 0 Å². The Balaban J connectivity index is 0. The van der Waals surface area contributed by atoms with Crippen molar-refractivity contribution in [3.05, 3.63) is 132 Å². The van der Waals surface area contributed by atoms with E-state index in [4.69, 9.17) is 0 Å². The van der Waals surface area contributed by atoms with Gasteiger partial charge in [0, 0.05) is 0 Å². The molecular weight excluding hydrogens is 710 g/mol. The van der Waals surface area contributed by atoms with Crippen molar-refractivity contribution in [1.29, 1.82) is 0 Å². The van der Waals surface area contributed by atoms with Crippen LogP contribution in [0.3, 0.4) is 0 Å². The zero-order valence-corrected chi connectivity index (χ0v) is 32.8. The third kappa shape index (κ3) is 21.4. The molecule has 42 heavy (non-hydrogen) atoms. The van der Waals surface area contributed by atoms with Gasteiger partial charge in [-0.1, -0.05) is 39.8 Å². The van der Waals surface area contributed by atoms with Gasteiger partial charge < -0.3 is 24.8 Å². The molecule has 220 valence electrons. The minimum atomic E-state index is 0. The summed E-state index contributed by atoms with van der Waals surface area (Å²) in [5, 5.41) is 5.39. The van der Waals surface area contributed by atoms with Gasteiger partial charge >= 0.3 is 82.6 Å². The van der Waals surface area contributed by atoms with Crippen LogP contribution in [0.2, 0.25) is 0 Å². The van der Waals surface area contributed by atoms with Crippen LogP contribution in [0, 0.1) is 26.0 Å². The van der Waals surface area contributed by atoms with Crippen molar-refractivity contribution >= 4 is 28.0 Å². The van der Waals surface area contributed by atoms with Crippen LogP contribution in [0.15, 0.2) is 108 Å². The molecule has 4 heteroatoms. The van der Waals surface area contributed by atoms with Gasteiger partial charge in [-0.2, -0.15) is 23.3 Å². The summed E-state index contributed by atoms with van der Waals surface area (Å²) in [4.78, 5) is 0. The van der Waals surface area contributed by atoms with Crippen molar-refractivity contribution < 1.29 is 73.3 Å². The first-order valence-electron chi connectivity index (χ1n) is 13.7. The number of hydrogen-bond donors (Lipinski definition) is 0. The Kier molecular flexibility index (Phi) is 25.6. The summed E-state index contributed by atoms with van der Waals surface area (Å²) in [7, 11) is 0. The second-order valence-electron chi connectivity index (χ2n) is 10.4. The predicted molar refractivity (Wildman–Crippen MR) is 174 cm³/mol. The summed E-state index contributed by atoms with van der Waals surface area (Å²) in [5.74, 6) is 0. The Hall–Kier alpha value is -1.29. The van der Waals surface area contributed by atoms with Gasteiger partial charge in [-0.3, -0.25) is 12.2 Å². The molecule has 0 aromatic heterocycles. The molecule has 0 radical (unpaired) electrons. The number of rotatable bonds is 0. The van der Waals surface area contributed by atoms with E-state index >= 15 is 0 Å². The second-order valence-corrected chi connectivity index (χ2v) is 15.4. The Bertz CT molecular complexity index is 1270. The van der Waals surface area contributed by atoms with Gasteiger partial charge in [0.1, 0.15) is 0 Å². The molecule has 0 N–H and O–H groups in total. The van der Waals surface area contributed by atoms with Crippen molar-refractivity contribution in [2.45, 2.75) is 68.2 Å². The van der Waals surface area contributed by atoms with E-state index in [9.17, 15) is 0 Å². The van der Waals surface area contributed by atoms with Crippen LogP contribution >= 0.6 is 0 Å². The Morgan fingerprint density at radius 2 is 0.905 bits per heavy atom. The average molecular weight is 754 g/mol. The molecule has 0 nitrogen and oxygen atoms in total. The molecule has 0 bridgehead atoms. The summed E-state index contributed by atoms with van der Waals surface area (Å²) in [5.41, 5.74) is 5.52. The molecule has 2 aliphatic carbocycles. The van der Waals surface area contributed by atoms with Gasteiger partial charge in [0.05, 0.1) is 0 Å². The van der Waals surface area contributed by atoms with Gasteiger partial charge in [0.15, 0.2) is 0 Å². The molecule has 0 heterocycles. The molecule has 0 unspecified atom stereocenters. The Morgan fingerprint density at radius 3 is 1.12 bits per heavy atom. The fourth-order valence-electron chi connectivity index (χ4n) is 3.57. The van der Waals surface area contributed by atoms with Crippen LogP contribution in [0.1, 0.15) is 65.5 Å². The first-order valence-corrected chi connectivity index (χ1v) is 16.2. The molecule has 2 aliphatic rings. The predicted octanol–water partition coefficient (Wildman–Crippen LogP) is 4.62. The molecule has 6 rings (SSSR count). The van der Waals surface area contributed by atoms with E-state index in [1.54, 1.807) is 48.5 Å². The summed E-state index contributed by atoms with van der Waals surface area (Å²) in [6.07, 6.45) is 16.3. The van der Waals surface area contributed by atoms with Gasteiger partial charge in [0.25, 0.3) is 0 Å². The molecule has 0 saturated carbocycles. The number of fused-ring (bicyclic) bond motifs is 2. The third-order valence-corrected chi connectivity index (χ3v) is 5.26. The van der Waals surface area contributed by atoms with Crippen LogP contribution in [0.25, 0.3) is 21.5 Å². The SMILES string of the molecule is CC1=CC=[C-]C1.CC1=CC=[C-]C1.C[C](C)=[Zr+2].C[C](C)=[Zr+2].Cc1cc2ccccc2[cH-]1.Cc1cc2ccccc2[cH-]1.[Cl-].[Cl-]. The van der Waals surface area contributed by atoms with Crippen LogP contribution < -0.4 is 24.8 Å². The van der Waals surface area contributed by atoms with Crippen molar-refractivity contribution in [3.63, 3.8) is 0 Å². The fraction of sp³-hybridized carbons (Fsp3) is 0.263. The maximum absolute atomic E-state index is 3.05. The van der Waals surface area contributed by atoms with E-state index in [1.165, 1.54) is 50.2 Å². The van der Waals surface area contributed by atoms with Crippen molar-refractivity contribution in [2.24, 2.45) is 0 Å². The van der Waals surface area contributed by atoms with Gasteiger partial charge in [-0.25, -0.2) is 24.3 Å². The number of hydrogen-bond acceptors (Lipinski definition) is 0. The first-order chi connectivity index (χ1) is 19.0. The number of halogens is 2. The molecule has 4 aromatic carbocycles. The fourth-order valence-corrected chi connectivity index (χ4v) is 3.57. The van der Waals surface area contributed by atoms with Gasteiger partial charge in [-0.05, 0) is 0 Å². The van der Waals surface area contributed by atoms with Crippen molar-refractivity contribution in [1.82, 2.24) is 0 Å². The zero-order chi connectivity index (χ0) is 29.9. The van der Waals surface area contributed by atoms with E-state index in [0.717, 1.165) is 12.8 Å². The molecule has 0 saturated heterocycles. The molecular formula is C38H44Cl2Zr2-2. The molecule has 0 amide bonds. The largest absolute Gasteiger partial charge is 1.00 e. The molecule has 4 aromatic rings.